The number of hydrogen-bond donors (Lipinski definition) is 1. The number of thiophene rings is 1. The molecule has 1 N–H and O–H groups in total. The lowest BCUT2D eigenvalue weighted by Crippen LogP contribution is -2.56. The molecule has 0 aliphatic carbocycles. The molecule has 1 aliphatic heterocycles. The van der Waals surface area contributed by atoms with Crippen LogP contribution >= 0.6 is 11.3 Å². The molecular formula is C27H28F3NO2S. The zero-order chi connectivity index (χ0) is 24.6. The molecule has 4 rings (SSSR count). The fourth-order valence-corrected chi connectivity index (χ4v) is 5.37. The van der Waals surface area contributed by atoms with Crippen molar-refractivity contribution < 1.29 is 23.0 Å². The van der Waals surface area contributed by atoms with Crippen LogP contribution in [-0.2, 0) is 5.41 Å². The lowest BCUT2D eigenvalue weighted by atomic mass is 9.73. The van der Waals surface area contributed by atoms with Crippen molar-refractivity contribution in [2.24, 2.45) is 0 Å². The molecule has 0 bridgehead atoms. The summed E-state index contributed by atoms with van der Waals surface area (Å²) < 4.78 is 48.8. The van der Waals surface area contributed by atoms with Crippen molar-refractivity contribution in [3.05, 3.63) is 76.5 Å². The maximum Gasteiger partial charge on any atom is 0.418 e. The highest BCUT2D eigenvalue weighted by molar-refractivity contribution is 7.08. The summed E-state index contributed by atoms with van der Waals surface area (Å²) in [5.41, 5.74) is 0.0686. The number of anilines is 1. The van der Waals surface area contributed by atoms with E-state index in [0.717, 1.165) is 16.7 Å². The largest absolute Gasteiger partial charge is 0.496 e. The first-order valence-corrected chi connectivity index (χ1v) is 12.0. The van der Waals surface area contributed by atoms with E-state index in [4.69, 9.17) is 4.74 Å². The number of fused-ring (bicyclic) bond motifs is 1. The third kappa shape index (κ3) is 4.72. The first-order chi connectivity index (χ1) is 16.0. The van der Waals surface area contributed by atoms with Gasteiger partial charge in [0.25, 0.3) is 0 Å². The Bertz CT molecular complexity index is 1170. The van der Waals surface area contributed by atoms with E-state index in [0.29, 0.717) is 23.5 Å². The Morgan fingerprint density at radius 1 is 1.06 bits per heavy atom. The number of aliphatic hydroxyl groups is 1. The molecular weight excluding hydrogens is 459 g/mol. The fraction of sp³-hybridized carbons (Fsp3) is 0.333. The van der Waals surface area contributed by atoms with Crippen molar-refractivity contribution in [2.45, 2.75) is 37.5 Å². The Hall–Kier alpha value is -2.77. The van der Waals surface area contributed by atoms with Crippen molar-refractivity contribution in [1.82, 2.24) is 0 Å². The van der Waals surface area contributed by atoms with Gasteiger partial charge in [0.15, 0.2) is 5.60 Å². The molecule has 34 heavy (non-hydrogen) atoms. The number of ether oxygens (including phenoxy) is 1. The second-order valence-corrected chi connectivity index (χ2v) is 10.1. The normalized spacial score (nSPS) is 15.7. The number of benzene rings is 2. The van der Waals surface area contributed by atoms with Crippen LogP contribution in [0.25, 0.3) is 17.2 Å². The fourth-order valence-electron chi connectivity index (χ4n) is 4.70. The third-order valence-electron chi connectivity index (χ3n) is 6.40. The molecule has 0 spiro atoms. The van der Waals surface area contributed by atoms with Crippen molar-refractivity contribution in [3.8, 4) is 16.9 Å². The van der Waals surface area contributed by atoms with Gasteiger partial charge in [0.2, 0.25) is 0 Å². The summed E-state index contributed by atoms with van der Waals surface area (Å²) in [6, 6.07) is 14.8. The van der Waals surface area contributed by atoms with E-state index in [9.17, 15) is 18.3 Å². The van der Waals surface area contributed by atoms with Gasteiger partial charge in [0, 0.05) is 17.8 Å². The summed E-state index contributed by atoms with van der Waals surface area (Å²) in [4.78, 5) is 1.60. The average Bonchev–Trinajstić information content (AvgIpc) is 3.33. The van der Waals surface area contributed by atoms with E-state index in [2.05, 4.69) is 0 Å². The zero-order valence-electron chi connectivity index (χ0n) is 19.4. The van der Waals surface area contributed by atoms with Crippen molar-refractivity contribution in [1.29, 1.82) is 0 Å². The van der Waals surface area contributed by atoms with Crippen molar-refractivity contribution >= 4 is 23.1 Å². The Labute approximate surface area is 202 Å². The Morgan fingerprint density at radius 3 is 2.50 bits per heavy atom. The molecule has 0 radical (unpaired) electrons. The monoisotopic (exact) mass is 487 g/mol. The number of rotatable bonds is 7. The maximum absolute atomic E-state index is 14.4. The van der Waals surface area contributed by atoms with Crippen molar-refractivity contribution in [2.75, 3.05) is 25.1 Å². The predicted octanol–water partition coefficient (Wildman–Crippen LogP) is 6.92. The molecule has 0 saturated carbocycles. The highest BCUT2D eigenvalue weighted by atomic mass is 32.1. The minimum atomic E-state index is -4.82. The van der Waals surface area contributed by atoms with E-state index in [1.165, 1.54) is 7.11 Å². The van der Waals surface area contributed by atoms with Gasteiger partial charge in [0.05, 0.1) is 13.7 Å². The van der Waals surface area contributed by atoms with Crippen LogP contribution in [-0.4, -0.2) is 37.1 Å². The maximum atomic E-state index is 14.4. The molecule has 0 amide bonds. The molecule has 1 unspecified atom stereocenters. The van der Waals surface area contributed by atoms with E-state index in [1.807, 2.05) is 53.2 Å². The highest BCUT2D eigenvalue weighted by Gasteiger charge is 2.57. The van der Waals surface area contributed by atoms with Crippen LogP contribution in [0.5, 0.6) is 5.75 Å². The summed E-state index contributed by atoms with van der Waals surface area (Å²) in [7, 11) is 1.51. The molecule has 1 aliphatic rings. The molecule has 3 aromatic rings. The minimum absolute atomic E-state index is 0.298. The van der Waals surface area contributed by atoms with Gasteiger partial charge in [0.1, 0.15) is 5.75 Å². The van der Waals surface area contributed by atoms with Gasteiger partial charge >= 0.3 is 6.18 Å². The molecule has 180 valence electrons. The lowest BCUT2D eigenvalue weighted by molar-refractivity contribution is -0.262. The Kier molecular flexibility index (Phi) is 6.53. The van der Waals surface area contributed by atoms with E-state index < -0.39 is 30.2 Å². The molecule has 0 saturated heterocycles. The Morgan fingerprint density at radius 2 is 1.82 bits per heavy atom. The lowest BCUT2D eigenvalue weighted by Gasteiger charge is -2.42. The van der Waals surface area contributed by atoms with Crippen LogP contribution < -0.4 is 9.64 Å². The number of alkyl halides is 3. The molecule has 1 aromatic heterocycles. The average molecular weight is 488 g/mol. The van der Waals surface area contributed by atoms with Gasteiger partial charge in [-0.25, -0.2) is 0 Å². The quantitative estimate of drug-likeness (QED) is 0.393. The summed E-state index contributed by atoms with van der Waals surface area (Å²) in [5.74, 6) is 0.500. The van der Waals surface area contributed by atoms with Crippen LogP contribution in [0.3, 0.4) is 0 Å². The van der Waals surface area contributed by atoms with Gasteiger partial charge in [-0.3, -0.25) is 0 Å². The summed E-state index contributed by atoms with van der Waals surface area (Å²) in [6.45, 7) is 3.19. The van der Waals surface area contributed by atoms with Gasteiger partial charge < -0.3 is 14.7 Å². The van der Waals surface area contributed by atoms with Crippen molar-refractivity contribution in [3.63, 3.8) is 0 Å². The van der Waals surface area contributed by atoms with Crippen LogP contribution in [0.1, 0.15) is 31.4 Å². The molecule has 0 fully saturated rings. The molecule has 2 heterocycles. The topological polar surface area (TPSA) is 32.7 Å². The smallest absolute Gasteiger partial charge is 0.418 e. The van der Waals surface area contributed by atoms with Crippen LogP contribution in [0, 0.1) is 0 Å². The number of para-hydroxylation sites is 1. The van der Waals surface area contributed by atoms with E-state index in [1.54, 1.807) is 48.3 Å². The second-order valence-electron chi connectivity index (χ2n) is 9.36. The Balaban J connectivity index is 1.70. The number of hydrogen-bond acceptors (Lipinski definition) is 4. The number of β-amino-alcohol motifs (C(OH)–C–C–N with tert-alkyl or cyclic N) is 1. The summed E-state index contributed by atoms with van der Waals surface area (Å²) in [5, 5.41) is 15.2. The first kappa shape index (κ1) is 24.4. The number of nitrogens with zero attached hydrogens (tertiary/aromatic N) is 1. The number of methoxy groups -OCH3 is 1. The molecule has 7 heteroatoms. The SMILES string of the molecule is COc1ccc(-c2ccsc2)cc1C(C)(C)CC(O)(CN1CC=Cc2ccccc21)C(F)(F)F. The minimum Gasteiger partial charge on any atom is -0.496 e. The summed E-state index contributed by atoms with van der Waals surface area (Å²) in [6.07, 6.45) is -1.63. The zero-order valence-corrected chi connectivity index (χ0v) is 20.2. The van der Waals surface area contributed by atoms with Gasteiger partial charge in [-0.15, -0.1) is 0 Å². The van der Waals surface area contributed by atoms with Crippen LogP contribution in [0.2, 0.25) is 0 Å². The van der Waals surface area contributed by atoms with Gasteiger partial charge in [-0.05, 0) is 63.6 Å². The number of halogens is 3. The third-order valence-corrected chi connectivity index (χ3v) is 7.08. The highest BCUT2D eigenvalue weighted by Crippen LogP contribution is 2.45. The first-order valence-electron chi connectivity index (χ1n) is 11.0. The van der Waals surface area contributed by atoms with Gasteiger partial charge in [-0.1, -0.05) is 50.3 Å². The predicted molar refractivity (Wildman–Crippen MR) is 133 cm³/mol. The summed E-state index contributed by atoms with van der Waals surface area (Å²) >= 11 is 1.55. The standard InChI is InChI=1S/C27H28F3NO2S/c1-25(2,22-15-20(10-11-24(22)33-3)21-12-14-34-16-21)17-26(32,27(28,29)30)18-31-13-6-8-19-7-4-5-9-23(19)31/h4-12,14-16,32H,13,17-18H2,1-3H3. The molecule has 2 aromatic carbocycles. The van der Waals surface area contributed by atoms with Crippen LogP contribution in [0.15, 0.2) is 65.4 Å². The molecule has 3 nitrogen and oxygen atoms in total. The van der Waals surface area contributed by atoms with Crippen LogP contribution in [0.4, 0.5) is 18.9 Å². The van der Waals surface area contributed by atoms with Gasteiger partial charge in [-0.2, -0.15) is 24.5 Å². The van der Waals surface area contributed by atoms with E-state index >= 15 is 0 Å². The molecule has 1 atom stereocenters. The second kappa shape index (κ2) is 9.12. The van der Waals surface area contributed by atoms with E-state index in [-0.39, 0.29) is 0 Å².